The van der Waals surface area contributed by atoms with Crippen LogP contribution < -0.4 is 5.73 Å². The van der Waals surface area contributed by atoms with Crippen molar-refractivity contribution in [3.63, 3.8) is 0 Å². The van der Waals surface area contributed by atoms with E-state index < -0.39 is 0 Å². The molecule has 104 valence electrons. The molecule has 0 amide bonds. The lowest BCUT2D eigenvalue weighted by atomic mass is 10.1. The van der Waals surface area contributed by atoms with E-state index in [-0.39, 0.29) is 12.3 Å². The van der Waals surface area contributed by atoms with E-state index in [0.717, 1.165) is 6.42 Å². The van der Waals surface area contributed by atoms with E-state index >= 15 is 0 Å². The molecule has 1 unspecified atom stereocenters. The first-order valence-corrected chi connectivity index (χ1v) is 7.24. The third-order valence-electron chi connectivity index (χ3n) is 2.90. The first kappa shape index (κ1) is 16.9. The average molecular weight is 245 g/mol. The zero-order valence-electron chi connectivity index (χ0n) is 11.9. The van der Waals surface area contributed by atoms with Crippen molar-refractivity contribution < 1.29 is 9.47 Å². The highest BCUT2D eigenvalue weighted by Gasteiger charge is 2.17. The van der Waals surface area contributed by atoms with Gasteiger partial charge >= 0.3 is 0 Å². The van der Waals surface area contributed by atoms with Crippen LogP contribution in [0.2, 0.25) is 0 Å². The molecular weight excluding hydrogens is 214 g/mol. The highest BCUT2D eigenvalue weighted by molar-refractivity contribution is 4.66. The summed E-state index contributed by atoms with van der Waals surface area (Å²) in [5.74, 6) is 0. The molecule has 3 nitrogen and oxygen atoms in total. The van der Waals surface area contributed by atoms with Crippen LogP contribution in [0.25, 0.3) is 0 Å². The minimum absolute atomic E-state index is 0.0149. The van der Waals surface area contributed by atoms with Gasteiger partial charge in [0.15, 0.2) is 6.29 Å². The second-order valence-corrected chi connectivity index (χ2v) is 4.50. The topological polar surface area (TPSA) is 44.5 Å². The standard InChI is InChI=1S/C14H31NO2/c1-4-7-8-9-10-11-12-13(15)14(16-5-2)17-6-3/h13-14H,4-12,15H2,1-3H3. The van der Waals surface area contributed by atoms with Gasteiger partial charge in [0.05, 0.1) is 6.04 Å². The number of ether oxygens (including phenoxy) is 2. The zero-order chi connectivity index (χ0) is 12.9. The van der Waals surface area contributed by atoms with E-state index in [1.165, 1.54) is 38.5 Å². The van der Waals surface area contributed by atoms with Gasteiger partial charge in [-0.3, -0.25) is 0 Å². The molecule has 0 aliphatic rings. The monoisotopic (exact) mass is 245 g/mol. The Labute approximate surface area is 107 Å². The molecule has 0 aromatic rings. The van der Waals surface area contributed by atoms with Crippen molar-refractivity contribution in [3.05, 3.63) is 0 Å². The Morgan fingerprint density at radius 3 is 1.88 bits per heavy atom. The Hall–Kier alpha value is -0.120. The summed E-state index contributed by atoms with van der Waals surface area (Å²) in [6, 6.07) is 0.0149. The molecule has 3 heteroatoms. The Balaban J connectivity index is 3.55. The summed E-state index contributed by atoms with van der Waals surface area (Å²) < 4.78 is 11.0. The fourth-order valence-electron chi connectivity index (χ4n) is 1.92. The van der Waals surface area contributed by atoms with Crippen LogP contribution in [-0.4, -0.2) is 25.5 Å². The van der Waals surface area contributed by atoms with Crippen molar-refractivity contribution in [1.82, 2.24) is 0 Å². The van der Waals surface area contributed by atoms with Gasteiger partial charge < -0.3 is 15.2 Å². The van der Waals surface area contributed by atoms with Crippen LogP contribution in [0.4, 0.5) is 0 Å². The molecular formula is C14H31NO2. The van der Waals surface area contributed by atoms with Crippen LogP contribution in [0.5, 0.6) is 0 Å². The minimum atomic E-state index is -0.222. The zero-order valence-corrected chi connectivity index (χ0v) is 11.9. The van der Waals surface area contributed by atoms with Crippen molar-refractivity contribution in [2.45, 2.75) is 78.0 Å². The Kier molecular flexibility index (Phi) is 12.3. The van der Waals surface area contributed by atoms with Gasteiger partial charge in [0.25, 0.3) is 0 Å². The molecule has 17 heavy (non-hydrogen) atoms. The predicted octanol–water partition coefficient (Wildman–Crippen LogP) is 3.46. The van der Waals surface area contributed by atoms with Crippen molar-refractivity contribution in [3.8, 4) is 0 Å². The van der Waals surface area contributed by atoms with E-state index in [1.54, 1.807) is 0 Å². The van der Waals surface area contributed by atoms with Crippen LogP contribution in [-0.2, 0) is 9.47 Å². The maximum Gasteiger partial charge on any atom is 0.172 e. The Bertz CT molecular complexity index is 147. The van der Waals surface area contributed by atoms with Gasteiger partial charge in [-0.1, -0.05) is 45.4 Å². The number of hydrogen-bond donors (Lipinski definition) is 1. The first-order chi connectivity index (χ1) is 8.26. The van der Waals surface area contributed by atoms with Gasteiger partial charge in [-0.25, -0.2) is 0 Å². The van der Waals surface area contributed by atoms with Crippen LogP contribution in [0, 0.1) is 0 Å². The third-order valence-corrected chi connectivity index (χ3v) is 2.90. The van der Waals surface area contributed by atoms with Crippen LogP contribution in [0.1, 0.15) is 65.7 Å². The summed E-state index contributed by atoms with van der Waals surface area (Å²) in [4.78, 5) is 0. The summed E-state index contributed by atoms with van der Waals surface area (Å²) in [7, 11) is 0. The molecule has 0 aromatic carbocycles. The van der Waals surface area contributed by atoms with Crippen molar-refractivity contribution in [2.75, 3.05) is 13.2 Å². The summed E-state index contributed by atoms with van der Waals surface area (Å²) in [6.07, 6.45) is 8.57. The number of rotatable bonds is 12. The molecule has 0 fully saturated rings. The largest absolute Gasteiger partial charge is 0.351 e. The van der Waals surface area contributed by atoms with Gasteiger partial charge in [0, 0.05) is 13.2 Å². The summed E-state index contributed by atoms with van der Waals surface area (Å²) in [5, 5.41) is 0. The van der Waals surface area contributed by atoms with Gasteiger partial charge in [0.1, 0.15) is 0 Å². The quantitative estimate of drug-likeness (QED) is 0.423. The molecule has 2 N–H and O–H groups in total. The van der Waals surface area contributed by atoms with Crippen molar-refractivity contribution in [1.29, 1.82) is 0 Å². The lowest BCUT2D eigenvalue weighted by Gasteiger charge is -2.23. The maximum atomic E-state index is 6.08. The smallest absolute Gasteiger partial charge is 0.172 e. The average Bonchev–Trinajstić information content (AvgIpc) is 2.33. The van der Waals surface area contributed by atoms with Gasteiger partial charge in [0.2, 0.25) is 0 Å². The highest BCUT2D eigenvalue weighted by Crippen LogP contribution is 2.11. The fourth-order valence-corrected chi connectivity index (χ4v) is 1.92. The lowest BCUT2D eigenvalue weighted by Crippen LogP contribution is -2.38. The third kappa shape index (κ3) is 9.57. The molecule has 0 aromatic heterocycles. The molecule has 0 bridgehead atoms. The second kappa shape index (κ2) is 12.3. The summed E-state index contributed by atoms with van der Waals surface area (Å²) in [5.41, 5.74) is 6.08. The molecule has 0 aliphatic heterocycles. The molecule has 0 radical (unpaired) electrons. The fraction of sp³-hybridized carbons (Fsp3) is 1.00. The number of unbranched alkanes of at least 4 members (excludes halogenated alkanes) is 5. The van der Waals surface area contributed by atoms with E-state index in [4.69, 9.17) is 15.2 Å². The first-order valence-electron chi connectivity index (χ1n) is 7.24. The number of hydrogen-bond acceptors (Lipinski definition) is 3. The van der Waals surface area contributed by atoms with Crippen LogP contribution in [0.15, 0.2) is 0 Å². The molecule has 0 saturated carbocycles. The van der Waals surface area contributed by atoms with Gasteiger partial charge in [-0.05, 0) is 20.3 Å². The minimum Gasteiger partial charge on any atom is -0.351 e. The van der Waals surface area contributed by atoms with Gasteiger partial charge in [-0.2, -0.15) is 0 Å². The second-order valence-electron chi connectivity index (χ2n) is 4.50. The van der Waals surface area contributed by atoms with E-state index in [0.29, 0.717) is 13.2 Å². The Morgan fingerprint density at radius 1 is 0.824 bits per heavy atom. The van der Waals surface area contributed by atoms with E-state index in [2.05, 4.69) is 6.92 Å². The SMILES string of the molecule is CCCCCCCCC(N)C(OCC)OCC. The summed E-state index contributed by atoms with van der Waals surface area (Å²) >= 11 is 0. The Morgan fingerprint density at radius 2 is 1.35 bits per heavy atom. The molecule has 0 aliphatic carbocycles. The molecule has 0 spiro atoms. The molecule has 0 heterocycles. The van der Waals surface area contributed by atoms with Crippen LogP contribution in [0.3, 0.4) is 0 Å². The summed E-state index contributed by atoms with van der Waals surface area (Å²) in [6.45, 7) is 7.52. The normalized spacial score (nSPS) is 13.2. The van der Waals surface area contributed by atoms with Crippen molar-refractivity contribution in [2.24, 2.45) is 5.73 Å². The van der Waals surface area contributed by atoms with E-state index in [9.17, 15) is 0 Å². The predicted molar refractivity (Wildman–Crippen MR) is 73.0 cm³/mol. The molecule has 1 atom stereocenters. The van der Waals surface area contributed by atoms with Gasteiger partial charge in [-0.15, -0.1) is 0 Å². The van der Waals surface area contributed by atoms with Crippen LogP contribution >= 0.6 is 0 Å². The maximum absolute atomic E-state index is 6.08. The molecule has 0 rings (SSSR count). The highest BCUT2D eigenvalue weighted by atomic mass is 16.7. The molecule has 0 saturated heterocycles. The number of nitrogens with two attached hydrogens (primary N) is 1. The van der Waals surface area contributed by atoms with E-state index in [1.807, 2.05) is 13.8 Å². The van der Waals surface area contributed by atoms with Crippen molar-refractivity contribution >= 4 is 0 Å². The lowest BCUT2D eigenvalue weighted by molar-refractivity contribution is -0.149.